The second kappa shape index (κ2) is 7.44. The van der Waals surface area contributed by atoms with Crippen LogP contribution < -0.4 is 5.56 Å². The Balaban J connectivity index is 1.72. The minimum Gasteiger partial charge on any atom is -0.335 e. The van der Waals surface area contributed by atoms with Crippen molar-refractivity contribution < 1.29 is 4.79 Å². The quantitative estimate of drug-likeness (QED) is 0.527. The summed E-state index contributed by atoms with van der Waals surface area (Å²) in [6.07, 6.45) is 4.88. The standard InChI is InChI=1S/C24H24N4O2/c1-17-9-5-7-13-26(17)24(30)20-15-19-22(28(20)16-18-10-3-2-4-11-18)25-21-12-6-8-14-27(21)23(19)29/h2-4,6,8,10-12,14-15,17H,5,7,9,13,16H2,1H3. The summed E-state index contributed by atoms with van der Waals surface area (Å²) in [4.78, 5) is 33.4. The largest absolute Gasteiger partial charge is 0.335 e. The SMILES string of the molecule is CC1CCCCN1C(=O)c1cc2c(=O)n3ccccc3nc2n1Cc1ccccc1. The lowest BCUT2D eigenvalue weighted by Crippen LogP contribution is -2.42. The number of pyridine rings is 1. The zero-order valence-electron chi connectivity index (χ0n) is 17.0. The van der Waals surface area contributed by atoms with E-state index in [0.29, 0.717) is 28.9 Å². The summed E-state index contributed by atoms with van der Waals surface area (Å²) in [5.41, 5.74) is 2.58. The number of hydrogen-bond donors (Lipinski definition) is 0. The number of aromatic nitrogens is 3. The van der Waals surface area contributed by atoms with Gasteiger partial charge in [-0.15, -0.1) is 0 Å². The molecule has 1 aliphatic rings. The molecule has 1 fully saturated rings. The molecule has 1 unspecified atom stereocenters. The molecule has 1 amide bonds. The van der Waals surface area contributed by atoms with Crippen molar-refractivity contribution in [1.29, 1.82) is 0 Å². The number of likely N-dealkylation sites (tertiary alicyclic amines) is 1. The third-order valence-corrected chi connectivity index (χ3v) is 6.04. The third-order valence-electron chi connectivity index (χ3n) is 6.04. The predicted molar refractivity (Wildman–Crippen MR) is 117 cm³/mol. The van der Waals surface area contributed by atoms with E-state index in [1.165, 1.54) is 4.40 Å². The summed E-state index contributed by atoms with van der Waals surface area (Å²) in [6.45, 7) is 3.34. The zero-order chi connectivity index (χ0) is 20.7. The maximum Gasteiger partial charge on any atom is 0.270 e. The molecule has 5 rings (SSSR count). The molecule has 4 heterocycles. The molecular formula is C24H24N4O2. The average molecular weight is 400 g/mol. The second-order valence-electron chi connectivity index (χ2n) is 8.03. The number of piperidine rings is 1. The first kappa shape index (κ1) is 18.6. The summed E-state index contributed by atoms with van der Waals surface area (Å²) in [5.74, 6) is -0.0235. The van der Waals surface area contributed by atoms with E-state index in [1.807, 2.05) is 58.0 Å². The van der Waals surface area contributed by atoms with Gasteiger partial charge in [-0.1, -0.05) is 36.4 Å². The minimum atomic E-state index is -0.150. The van der Waals surface area contributed by atoms with Crippen LogP contribution in [0.2, 0.25) is 0 Å². The molecule has 1 aliphatic heterocycles. The van der Waals surface area contributed by atoms with E-state index in [-0.39, 0.29) is 17.5 Å². The summed E-state index contributed by atoms with van der Waals surface area (Å²) < 4.78 is 3.44. The van der Waals surface area contributed by atoms with Gasteiger partial charge in [0.2, 0.25) is 0 Å². The van der Waals surface area contributed by atoms with E-state index in [0.717, 1.165) is 31.4 Å². The molecule has 0 saturated carbocycles. The number of amides is 1. The van der Waals surface area contributed by atoms with Crippen molar-refractivity contribution in [3.63, 3.8) is 0 Å². The molecule has 152 valence electrons. The van der Waals surface area contributed by atoms with Crippen molar-refractivity contribution >= 4 is 22.6 Å². The van der Waals surface area contributed by atoms with E-state index < -0.39 is 0 Å². The number of carbonyl (C=O) groups is 1. The Hall–Kier alpha value is -3.41. The predicted octanol–water partition coefficient (Wildman–Crippen LogP) is 3.71. The fraction of sp³-hybridized carbons (Fsp3) is 0.292. The molecule has 1 saturated heterocycles. The Bertz CT molecular complexity index is 1290. The van der Waals surface area contributed by atoms with E-state index >= 15 is 0 Å². The van der Waals surface area contributed by atoms with Gasteiger partial charge >= 0.3 is 0 Å². The summed E-state index contributed by atoms with van der Waals surface area (Å²) in [6, 6.07) is 17.4. The maximum atomic E-state index is 13.6. The first-order valence-corrected chi connectivity index (χ1v) is 10.5. The number of nitrogens with zero attached hydrogens (tertiary/aromatic N) is 4. The monoisotopic (exact) mass is 400 g/mol. The fourth-order valence-corrected chi connectivity index (χ4v) is 4.40. The van der Waals surface area contributed by atoms with Crippen LogP contribution in [0.3, 0.4) is 0 Å². The van der Waals surface area contributed by atoms with Crippen LogP contribution in [0, 0.1) is 0 Å². The van der Waals surface area contributed by atoms with Crippen molar-refractivity contribution in [2.45, 2.75) is 38.8 Å². The van der Waals surface area contributed by atoms with Gasteiger partial charge in [0.25, 0.3) is 11.5 Å². The van der Waals surface area contributed by atoms with Gasteiger partial charge in [0, 0.05) is 25.3 Å². The summed E-state index contributed by atoms with van der Waals surface area (Å²) in [5, 5.41) is 0.475. The zero-order valence-corrected chi connectivity index (χ0v) is 17.0. The van der Waals surface area contributed by atoms with Gasteiger partial charge in [-0.3, -0.25) is 14.0 Å². The van der Waals surface area contributed by atoms with E-state index in [4.69, 9.17) is 4.98 Å². The molecular weight excluding hydrogens is 376 g/mol. The summed E-state index contributed by atoms with van der Waals surface area (Å²) in [7, 11) is 0. The molecule has 0 bridgehead atoms. The highest BCUT2D eigenvalue weighted by atomic mass is 16.2. The molecule has 0 aliphatic carbocycles. The Kier molecular flexibility index (Phi) is 4.62. The molecule has 1 atom stereocenters. The first-order chi connectivity index (χ1) is 14.6. The smallest absolute Gasteiger partial charge is 0.270 e. The van der Waals surface area contributed by atoms with Crippen LogP contribution in [0.1, 0.15) is 42.2 Å². The van der Waals surface area contributed by atoms with Crippen molar-refractivity contribution in [3.8, 4) is 0 Å². The van der Waals surface area contributed by atoms with Gasteiger partial charge < -0.3 is 9.47 Å². The Morgan fingerprint density at radius 3 is 2.70 bits per heavy atom. The van der Waals surface area contributed by atoms with E-state index in [9.17, 15) is 9.59 Å². The van der Waals surface area contributed by atoms with Crippen LogP contribution in [0.25, 0.3) is 16.7 Å². The normalized spacial score (nSPS) is 17.0. The van der Waals surface area contributed by atoms with Gasteiger partial charge in [0.1, 0.15) is 17.0 Å². The van der Waals surface area contributed by atoms with Crippen molar-refractivity contribution in [3.05, 3.63) is 82.4 Å². The molecule has 0 spiro atoms. The molecule has 6 heteroatoms. The minimum absolute atomic E-state index is 0.0235. The van der Waals surface area contributed by atoms with Crippen LogP contribution in [-0.2, 0) is 6.54 Å². The highest BCUT2D eigenvalue weighted by Crippen LogP contribution is 2.24. The van der Waals surface area contributed by atoms with Gasteiger partial charge in [-0.25, -0.2) is 4.98 Å². The number of hydrogen-bond acceptors (Lipinski definition) is 3. The Labute approximate surface area is 174 Å². The average Bonchev–Trinajstić information content (AvgIpc) is 3.13. The lowest BCUT2D eigenvalue weighted by molar-refractivity contribution is 0.0625. The molecule has 1 aromatic carbocycles. The van der Waals surface area contributed by atoms with E-state index in [1.54, 1.807) is 12.3 Å². The molecule has 4 aromatic rings. The van der Waals surface area contributed by atoms with Crippen molar-refractivity contribution in [1.82, 2.24) is 18.9 Å². The number of benzene rings is 1. The third kappa shape index (κ3) is 3.09. The van der Waals surface area contributed by atoms with Gasteiger partial charge in [0.15, 0.2) is 0 Å². The molecule has 0 radical (unpaired) electrons. The maximum absolute atomic E-state index is 13.6. The summed E-state index contributed by atoms with van der Waals surface area (Å²) >= 11 is 0. The van der Waals surface area contributed by atoms with Crippen LogP contribution in [0.15, 0.2) is 65.6 Å². The van der Waals surface area contributed by atoms with E-state index in [2.05, 4.69) is 6.92 Å². The molecule has 6 nitrogen and oxygen atoms in total. The van der Waals surface area contributed by atoms with Gasteiger partial charge in [-0.2, -0.15) is 0 Å². The highest BCUT2D eigenvalue weighted by Gasteiger charge is 2.28. The van der Waals surface area contributed by atoms with Crippen molar-refractivity contribution in [2.75, 3.05) is 6.54 Å². The van der Waals surface area contributed by atoms with Crippen LogP contribution in [0.4, 0.5) is 0 Å². The van der Waals surface area contributed by atoms with Crippen LogP contribution in [0.5, 0.6) is 0 Å². The van der Waals surface area contributed by atoms with Gasteiger partial charge in [0.05, 0.1) is 5.39 Å². The van der Waals surface area contributed by atoms with Crippen LogP contribution >= 0.6 is 0 Å². The topological polar surface area (TPSA) is 59.6 Å². The number of fused-ring (bicyclic) bond motifs is 2. The lowest BCUT2D eigenvalue weighted by Gasteiger charge is -2.33. The fourth-order valence-electron chi connectivity index (χ4n) is 4.40. The first-order valence-electron chi connectivity index (χ1n) is 10.5. The molecule has 30 heavy (non-hydrogen) atoms. The number of rotatable bonds is 3. The Morgan fingerprint density at radius 2 is 1.90 bits per heavy atom. The van der Waals surface area contributed by atoms with Crippen molar-refractivity contribution in [2.24, 2.45) is 0 Å². The Morgan fingerprint density at radius 1 is 1.10 bits per heavy atom. The van der Waals surface area contributed by atoms with Gasteiger partial charge in [-0.05, 0) is 49.9 Å². The molecule has 3 aromatic heterocycles. The second-order valence-corrected chi connectivity index (χ2v) is 8.03. The highest BCUT2D eigenvalue weighted by molar-refractivity contribution is 5.98. The molecule has 0 N–H and O–H groups in total. The lowest BCUT2D eigenvalue weighted by atomic mass is 10.0. The van der Waals surface area contributed by atoms with Crippen LogP contribution in [-0.4, -0.2) is 37.3 Å². The number of carbonyl (C=O) groups excluding carboxylic acids is 1.